The summed E-state index contributed by atoms with van der Waals surface area (Å²) in [7, 11) is 0. The van der Waals surface area contributed by atoms with Crippen molar-refractivity contribution in [3.8, 4) is 11.5 Å². The third kappa shape index (κ3) is 3.55. The van der Waals surface area contributed by atoms with Crippen LogP contribution < -0.4 is 4.74 Å². The molecule has 1 aromatic carbocycles. The highest BCUT2D eigenvalue weighted by Gasteiger charge is 2.31. The van der Waals surface area contributed by atoms with Gasteiger partial charge in [-0.3, -0.25) is 9.69 Å². The van der Waals surface area contributed by atoms with Crippen LogP contribution in [0.15, 0.2) is 23.1 Å². The summed E-state index contributed by atoms with van der Waals surface area (Å²) in [5, 5.41) is 18.6. The summed E-state index contributed by atoms with van der Waals surface area (Å²) in [4.78, 5) is 14.0. The Morgan fingerprint density at radius 3 is 2.90 bits per heavy atom. The Morgan fingerprint density at radius 1 is 1.48 bits per heavy atom. The van der Waals surface area contributed by atoms with Gasteiger partial charge in [0.15, 0.2) is 11.5 Å². The number of aliphatic hydroxyl groups is 1. The molecule has 1 heterocycles. The van der Waals surface area contributed by atoms with Crippen LogP contribution in [0.2, 0.25) is 0 Å². The lowest BCUT2D eigenvalue weighted by Gasteiger charge is -2.11. The van der Waals surface area contributed by atoms with Crippen molar-refractivity contribution in [1.29, 1.82) is 0 Å². The van der Waals surface area contributed by atoms with Gasteiger partial charge in [-0.05, 0) is 30.7 Å². The predicted molar refractivity (Wildman–Crippen MR) is 86.2 cm³/mol. The number of hydrogen-bond acceptors (Lipinski definition) is 6. The molecule has 0 unspecified atom stereocenters. The first-order valence-corrected chi connectivity index (χ1v) is 7.61. The van der Waals surface area contributed by atoms with Crippen molar-refractivity contribution in [3.63, 3.8) is 0 Å². The number of amides is 1. The predicted octanol–water partition coefficient (Wildman–Crippen LogP) is 1.98. The van der Waals surface area contributed by atoms with Crippen LogP contribution in [0.5, 0.6) is 11.5 Å². The minimum absolute atomic E-state index is 0.0572. The number of phenolic OH excluding ortho intramolecular Hbond substituents is 1. The number of thioether (sulfide) groups is 1. The van der Waals surface area contributed by atoms with Gasteiger partial charge in [-0.25, -0.2) is 0 Å². The second-order valence-corrected chi connectivity index (χ2v) is 5.89. The number of benzene rings is 1. The molecule has 0 aliphatic carbocycles. The van der Waals surface area contributed by atoms with Crippen LogP contribution in [0.3, 0.4) is 0 Å². The quantitative estimate of drug-likeness (QED) is 0.637. The average Bonchev–Trinajstić information content (AvgIpc) is 2.71. The molecule has 0 saturated carbocycles. The first kappa shape index (κ1) is 15.8. The number of thiocarbonyl (C=S) groups is 1. The fraction of sp³-hybridized carbons (Fsp3) is 0.286. The maximum absolute atomic E-state index is 12.1. The minimum Gasteiger partial charge on any atom is -0.504 e. The van der Waals surface area contributed by atoms with E-state index in [9.17, 15) is 9.90 Å². The summed E-state index contributed by atoms with van der Waals surface area (Å²) >= 11 is 6.31. The largest absolute Gasteiger partial charge is 0.504 e. The Balaban J connectivity index is 2.26. The second kappa shape index (κ2) is 6.93. The molecular weight excluding hydrogens is 310 g/mol. The Hall–Kier alpha value is -1.57. The summed E-state index contributed by atoms with van der Waals surface area (Å²) in [5.41, 5.74) is 0.737. The molecule has 1 fully saturated rings. The van der Waals surface area contributed by atoms with Crippen molar-refractivity contribution in [3.05, 3.63) is 28.7 Å². The van der Waals surface area contributed by atoms with Gasteiger partial charge in [-0.15, -0.1) is 0 Å². The summed E-state index contributed by atoms with van der Waals surface area (Å²) in [5.74, 6) is 0.212. The lowest BCUT2D eigenvalue weighted by Crippen LogP contribution is -2.30. The molecule has 0 bridgehead atoms. The fourth-order valence-corrected chi connectivity index (χ4v) is 3.14. The lowest BCUT2D eigenvalue weighted by atomic mass is 10.2. The van der Waals surface area contributed by atoms with E-state index in [0.29, 0.717) is 21.6 Å². The third-order valence-electron chi connectivity index (χ3n) is 2.78. The smallest absolute Gasteiger partial charge is 0.266 e. The molecule has 5 nitrogen and oxygen atoms in total. The fourth-order valence-electron chi connectivity index (χ4n) is 1.84. The molecule has 21 heavy (non-hydrogen) atoms. The van der Waals surface area contributed by atoms with Gasteiger partial charge in [0.05, 0.1) is 24.7 Å². The number of carbonyl (C=O) groups is 1. The molecule has 0 spiro atoms. The first-order valence-electron chi connectivity index (χ1n) is 6.39. The highest BCUT2D eigenvalue weighted by atomic mass is 32.2. The number of aliphatic hydroxyl groups excluding tert-OH is 1. The molecular formula is C14H15NO4S2. The van der Waals surface area contributed by atoms with E-state index < -0.39 is 0 Å². The van der Waals surface area contributed by atoms with Crippen molar-refractivity contribution < 1.29 is 19.7 Å². The van der Waals surface area contributed by atoms with Gasteiger partial charge >= 0.3 is 0 Å². The van der Waals surface area contributed by atoms with Crippen LogP contribution >= 0.6 is 24.0 Å². The highest BCUT2D eigenvalue weighted by molar-refractivity contribution is 8.26. The van der Waals surface area contributed by atoms with E-state index >= 15 is 0 Å². The van der Waals surface area contributed by atoms with Gasteiger partial charge in [0.2, 0.25) is 0 Å². The van der Waals surface area contributed by atoms with Crippen LogP contribution in [-0.2, 0) is 4.79 Å². The monoisotopic (exact) mass is 325 g/mol. The van der Waals surface area contributed by atoms with Gasteiger partial charge in [0.1, 0.15) is 4.32 Å². The van der Waals surface area contributed by atoms with Crippen molar-refractivity contribution in [2.75, 3.05) is 19.8 Å². The minimum atomic E-state index is -0.218. The summed E-state index contributed by atoms with van der Waals surface area (Å²) in [6, 6.07) is 4.87. The number of phenols is 1. The summed E-state index contributed by atoms with van der Waals surface area (Å²) in [6.07, 6.45) is 1.69. The lowest BCUT2D eigenvalue weighted by molar-refractivity contribution is -0.122. The van der Waals surface area contributed by atoms with Gasteiger partial charge < -0.3 is 14.9 Å². The SMILES string of the molecule is CCOc1cc(/C=C2/SC(=S)N(CCO)C2=O)ccc1O. The second-order valence-electron chi connectivity index (χ2n) is 4.22. The molecule has 112 valence electrons. The van der Waals surface area contributed by atoms with Gasteiger partial charge in [-0.2, -0.15) is 0 Å². The number of rotatable bonds is 5. The average molecular weight is 325 g/mol. The van der Waals surface area contributed by atoms with E-state index in [2.05, 4.69) is 0 Å². The zero-order valence-corrected chi connectivity index (χ0v) is 13.0. The summed E-state index contributed by atoms with van der Waals surface area (Å²) < 4.78 is 5.74. The molecule has 1 aliphatic rings. The van der Waals surface area contributed by atoms with Crippen molar-refractivity contribution in [2.45, 2.75) is 6.92 Å². The van der Waals surface area contributed by atoms with Crippen LogP contribution in [-0.4, -0.2) is 45.1 Å². The number of carbonyl (C=O) groups excluding carboxylic acids is 1. The van der Waals surface area contributed by atoms with Crippen LogP contribution in [0.25, 0.3) is 6.08 Å². The van der Waals surface area contributed by atoms with Crippen molar-refractivity contribution in [2.24, 2.45) is 0 Å². The van der Waals surface area contributed by atoms with Gasteiger partial charge in [0, 0.05) is 0 Å². The molecule has 1 amide bonds. The van der Waals surface area contributed by atoms with E-state index in [0.717, 1.165) is 5.56 Å². The number of ether oxygens (including phenoxy) is 1. The van der Waals surface area contributed by atoms with Crippen molar-refractivity contribution >= 4 is 40.3 Å². The van der Waals surface area contributed by atoms with E-state index in [-0.39, 0.29) is 24.8 Å². The normalized spacial score (nSPS) is 16.9. The first-order chi connectivity index (χ1) is 10.1. The number of nitrogens with zero attached hydrogens (tertiary/aromatic N) is 1. The molecule has 1 saturated heterocycles. The van der Waals surface area contributed by atoms with Crippen LogP contribution in [0.4, 0.5) is 0 Å². The summed E-state index contributed by atoms with van der Waals surface area (Å²) in [6.45, 7) is 2.33. The van der Waals surface area contributed by atoms with E-state index in [1.165, 1.54) is 22.7 Å². The molecule has 0 atom stereocenters. The topological polar surface area (TPSA) is 70.0 Å². The number of β-amino-alcohol motifs (C(OH)–C–C–N with tert-alkyl or cyclic N) is 1. The Kier molecular flexibility index (Phi) is 5.22. The van der Waals surface area contributed by atoms with Crippen LogP contribution in [0, 0.1) is 0 Å². The Morgan fingerprint density at radius 2 is 2.24 bits per heavy atom. The van der Waals surface area contributed by atoms with Crippen LogP contribution in [0.1, 0.15) is 12.5 Å². The number of aromatic hydroxyl groups is 1. The third-order valence-corrected chi connectivity index (χ3v) is 4.16. The van der Waals surface area contributed by atoms with E-state index in [1.54, 1.807) is 18.2 Å². The standard InChI is InChI=1S/C14H15NO4S2/c1-2-19-11-7-9(3-4-10(11)17)8-12-13(18)15(5-6-16)14(20)21-12/h3-4,7-8,16-17H,2,5-6H2,1H3/b12-8+. The van der Waals surface area contributed by atoms with E-state index in [4.69, 9.17) is 22.1 Å². The molecule has 7 heteroatoms. The highest BCUT2D eigenvalue weighted by Crippen LogP contribution is 2.34. The molecule has 0 radical (unpaired) electrons. The van der Waals surface area contributed by atoms with Crippen molar-refractivity contribution in [1.82, 2.24) is 4.90 Å². The molecule has 2 N–H and O–H groups in total. The number of hydrogen-bond donors (Lipinski definition) is 2. The van der Waals surface area contributed by atoms with E-state index in [1.807, 2.05) is 6.92 Å². The maximum atomic E-state index is 12.1. The Bertz CT molecular complexity index is 601. The Labute approximate surface area is 132 Å². The van der Waals surface area contributed by atoms with Gasteiger partial charge in [0.25, 0.3) is 5.91 Å². The molecule has 1 aromatic rings. The maximum Gasteiger partial charge on any atom is 0.266 e. The molecule has 1 aliphatic heterocycles. The zero-order valence-electron chi connectivity index (χ0n) is 11.4. The molecule has 0 aromatic heterocycles. The molecule has 2 rings (SSSR count). The van der Waals surface area contributed by atoms with Gasteiger partial charge in [-0.1, -0.05) is 30.0 Å². The zero-order chi connectivity index (χ0) is 15.4.